The summed E-state index contributed by atoms with van der Waals surface area (Å²) in [4.78, 5) is 24.8. The summed E-state index contributed by atoms with van der Waals surface area (Å²) in [5.74, 6) is 0.228. The summed E-state index contributed by atoms with van der Waals surface area (Å²) in [5.41, 5.74) is 1.01. The predicted molar refractivity (Wildman–Crippen MR) is 70.2 cm³/mol. The molecule has 1 aliphatic rings. The molecule has 0 bridgehead atoms. The highest BCUT2D eigenvalue weighted by Gasteiger charge is 2.32. The Hall–Kier alpha value is -1.33. The lowest BCUT2D eigenvalue weighted by atomic mass is 10.0. The minimum Gasteiger partial charge on any atom is -0.394 e. The van der Waals surface area contributed by atoms with Gasteiger partial charge in [-0.25, -0.2) is 0 Å². The summed E-state index contributed by atoms with van der Waals surface area (Å²) in [6, 6.07) is 9.12. The zero-order valence-corrected chi connectivity index (χ0v) is 10.7. The standard InChI is InChI=1S/C13H15NO3S/c15-7-11(6-10-4-2-1-3-5-10)14-12(16)8-18-9-13(14)17/h1-5,11,15H,6-9H2. The van der Waals surface area contributed by atoms with Gasteiger partial charge in [0, 0.05) is 0 Å². The van der Waals surface area contributed by atoms with E-state index in [4.69, 9.17) is 0 Å². The number of aliphatic hydroxyl groups excluding tert-OH is 1. The van der Waals surface area contributed by atoms with Gasteiger partial charge in [-0.1, -0.05) is 30.3 Å². The molecule has 1 aromatic rings. The lowest BCUT2D eigenvalue weighted by Gasteiger charge is -2.31. The molecule has 0 saturated carbocycles. The molecule has 0 spiro atoms. The summed E-state index contributed by atoms with van der Waals surface area (Å²) in [6.07, 6.45) is 0.499. The number of amides is 2. The Kier molecular flexibility index (Phi) is 4.38. The molecule has 1 N–H and O–H groups in total. The molecular formula is C13H15NO3S. The fourth-order valence-electron chi connectivity index (χ4n) is 2.03. The van der Waals surface area contributed by atoms with Crippen LogP contribution in [0.5, 0.6) is 0 Å². The Labute approximate surface area is 110 Å². The van der Waals surface area contributed by atoms with Crippen LogP contribution in [0.1, 0.15) is 5.56 Å². The fraction of sp³-hybridized carbons (Fsp3) is 0.385. The van der Waals surface area contributed by atoms with Crippen LogP contribution in [0, 0.1) is 0 Å². The molecule has 1 aliphatic heterocycles. The van der Waals surface area contributed by atoms with Crippen molar-refractivity contribution >= 4 is 23.6 Å². The van der Waals surface area contributed by atoms with Gasteiger partial charge >= 0.3 is 0 Å². The molecule has 5 heteroatoms. The van der Waals surface area contributed by atoms with Gasteiger partial charge < -0.3 is 5.11 Å². The first-order valence-corrected chi connectivity index (χ1v) is 6.95. The number of thioether (sulfide) groups is 1. The van der Waals surface area contributed by atoms with E-state index in [-0.39, 0.29) is 18.4 Å². The van der Waals surface area contributed by atoms with Gasteiger partial charge in [0.05, 0.1) is 24.2 Å². The normalized spacial score (nSPS) is 17.9. The van der Waals surface area contributed by atoms with Gasteiger partial charge in [0.2, 0.25) is 11.8 Å². The van der Waals surface area contributed by atoms with E-state index in [1.807, 2.05) is 30.3 Å². The Balaban J connectivity index is 2.12. The third-order valence-corrected chi connectivity index (χ3v) is 3.78. The Morgan fingerprint density at radius 2 is 1.78 bits per heavy atom. The third-order valence-electron chi connectivity index (χ3n) is 2.88. The molecule has 2 amide bonds. The van der Waals surface area contributed by atoms with Crippen molar-refractivity contribution in [3.05, 3.63) is 35.9 Å². The number of rotatable bonds is 4. The molecule has 0 aliphatic carbocycles. The molecule has 0 radical (unpaired) electrons. The Bertz CT molecular complexity index is 419. The number of imide groups is 1. The molecule has 1 aromatic carbocycles. The first kappa shape index (κ1) is 13.1. The molecule has 18 heavy (non-hydrogen) atoms. The lowest BCUT2D eigenvalue weighted by Crippen LogP contribution is -2.51. The Morgan fingerprint density at radius 1 is 1.17 bits per heavy atom. The summed E-state index contributed by atoms with van der Waals surface area (Å²) in [5, 5.41) is 9.42. The molecule has 1 atom stereocenters. The van der Waals surface area contributed by atoms with Crippen molar-refractivity contribution in [2.75, 3.05) is 18.1 Å². The zero-order valence-electron chi connectivity index (χ0n) is 9.91. The first-order chi connectivity index (χ1) is 8.72. The van der Waals surface area contributed by atoms with Crippen LogP contribution in [0.3, 0.4) is 0 Å². The second-order valence-electron chi connectivity index (χ2n) is 4.18. The quantitative estimate of drug-likeness (QED) is 0.814. The van der Waals surface area contributed by atoms with Crippen molar-refractivity contribution in [2.45, 2.75) is 12.5 Å². The van der Waals surface area contributed by atoms with Crippen LogP contribution < -0.4 is 0 Å². The summed E-state index contributed by atoms with van der Waals surface area (Å²) in [7, 11) is 0. The van der Waals surface area contributed by atoms with Crippen LogP contribution in [0.25, 0.3) is 0 Å². The fourth-order valence-corrected chi connectivity index (χ4v) is 2.76. The SMILES string of the molecule is O=C1CSCC(=O)N1C(CO)Cc1ccccc1. The third kappa shape index (κ3) is 2.91. The van der Waals surface area contributed by atoms with E-state index < -0.39 is 6.04 Å². The second-order valence-corrected chi connectivity index (χ2v) is 5.16. The maximum Gasteiger partial charge on any atom is 0.239 e. The van der Waals surface area contributed by atoms with Crippen LogP contribution in [0.4, 0.5) is 0 Å². The van der Waals surface area contributed by atoms with Crippen LogP contribution in [-0.4, -0.2) is 46.0 Å². The highest BCUT2D eigenvalue weighted by molar-refractivity contribution is 8.00. The topological polar surface area (TPSA) is 57.6 Å². The molecule has 1 heterocycles. The van der Waals surface area contributed by atoms with Gasteiger partial charge in [-0.2, -0.15) is 0 Å². The molecule has 1 fully saturated rings. The highest BCUT2D eigenvalue weighted by Crippen LogP contribution is 2.17. The van der Waals surface area contributed by atoms with Crippen LogP contribution in [-0.2, 0) is 16.0 Å². The van der Waals surface area contributed by atoms with Crippen LogP contribution in [0.15, 0.2) is 30.3 Å². The second kappa shape index (κ2) is 6.02. The van der Waals surface area contributed by atoms with Crippen LogP contribution >= 0.6 is 11.8 Å². The van der Waals surface area contributed by atoms with E-state index in [9.17, 15) is 14.7 Å². The van der Waals surface area contributed by atoms with E-state index >= 15 is 0 Å². The lowest BCUT2D eigenvalue weighted by molar-refractivity contribution is -0.146. The van der Waals surface area contributed by atoms with Crippen molar-refractivity contribution in [1.82, 2.24) is 4.90 Å². The van der Waals surface area contributed by atoms with Crippen molar-refractivity contribution in [2.24, 2.45) is 0 Å². The van der Waals surface area contributed by atoms with Gasteiger partial charge in [-0.15, -0.1) is 11.8 Å². The maximum atomic E-state index is 11.8. The molecule has 0 aromatic heterocycles. The molecule has 1 saturated heterocycles. The van der Waals surface area contributed by atoms with Crippen molar-refractivity contribution in [3.63, 3.8) is 0 Å². The molecule has 1 unspecified atom stereocenters. The summed E-state index contributed by atoms with van der Waals surface area (Å²) >= 11 is 1.33. The molecular weight excluding hydrogens is 250 g/mol. The minimum atomic E-state index is -0.451. The number of nitrogens with zero attached hydrogens (tertiary/aromatic N) is 1. The number of carbonyl (C=O) groups excluding carboxylic acids is 2. The Morgan fingerprint density at radius 3 is 2.33 bits per heavy atom. The maximum absolute atomic E-state index is 11.8. The van der Waals surface area contributed by atoms with Gasteiger partial charge in [-0.3, -0.25) is 14.5 Å². The average molecular weight is 265 g/mol. The summed E-state index contributed by atoms with van der Waals surface area (Å²) in [6.45, 7) is -0.197. The first-order valence-electron chi connectivity index (χ1n) is 5.80. The van der Waals surface area contributed by atoms with E-state index in [0.29, 0.717) is 17.9 Å². The van der Waals surface area contributed by atoms with Crippen molar-refractivity contribution < 1.29 is 14.7 Å². The van der Waals surface area contributed by atoms with Gasteiger partial charge in [0.25, 0.3) is 0 Å². The number of benzene rings is 1. The highest BCUT2D eigenvalue weighted by atomic mass is 32.2. The molecule has 2 rings (SSSR count). The van der Waals surface area contributed by atoms with Gasteiger partial charge in [-0.05, 0) is 12.0 Å². The van der Waals surface area contributed by atoms with Gasteiger partial charge in [0.1, 0.15) is 0 Å². The number of aliphatic hydroxyl groups is 1. The van der Waals surface area contributed by atoms with Crippen molar-refractivity contribution in [3.8, 4) is 0 Å². The minimum absolute atomic E-state index is 0.197. The number of carbonyl (C=O) groups is 2. The average Bonchev–Trinajstić information content (AvgIpc) is 2.38. The number of hydrogen-bond donors (Lipinski definition) is 1. The zero-order chi connectivity index (χ0) is 13.0. The smallest absolute Gasteiger partial charge is 0.239 e. The van der Waals surface area contributed by atoms with E-state index in [0.717, 1.165) is 5.56 Å². The largest absolute Gasteiger partial charge is 0.394 e. The molecule has 4 nitrogen and oxygen atoms in total. The van der Waals surface area contributed by atoms with Gasteiger partial charge in [0.15, 0.2) is 0 Å². The monoisotopic (exact) mass is 265 g/mol. The number of hydrogen-bond acceptors (Lipinski definition) is 4. The van der Waals surface area contributed by atoms with E-state index in [1.165, 1.54) is 16.7 Å². The molecule has 96 valence electrons. The van der Waals surface area contributed by atoms with E-state index in [2.05, 4.69) is 0 Å². The summed E-state index contributed by atoms with van der Waals surface area (Å²) < 4.78 is 0. The van der Waals surface area contributed by atoms with Crippen LogP contribution in [0.2, 0.25) is 0 Å². The predicted octanol–water partition coefficient (Wildman–Crippen LogP) is 0.692. The van der Waals surface area contributed by atoms with Crippen molar-refractivity contribution in [1.29, 1.82) is 0 Å². The van der Waals surface area contributed by atoms with E-state index in [1.54, 1.807) is 0 Å².